The van der Waals surface area contributed by atoms with Crippen LogP contribution in [-0.2, 0) is 13.6 Å². The Bertz CT molecular complexity index is 860. The zero-order valence-electron chi connectivity index (χ0n) is 11.9. The molecule has 0 saturated heterocycles. The van der Waals surface area contributed by atoms with Crippen molar-refractivity contribution in [1.29, 1.82) is 0 Å². The van der Waals surface area contributed by atoms with Gasteiger partial charge in [-0.05, 0) is 12.1 Å². The van der Waals surface area contributed by atoms with Crippen LogP contribution in [-0.4, -0.2) is 35.7 Å². The maximum absolute atomic E-state index is 13.9. The highest BCUT2D eigenvalue weighted by atomic mass is 35.5. The molecule has 0 unspecified atom stereocenters. The van der Waals surface area contributed by atoms with E-state index < -0.39 is 11.7 Å². The highest BCUT2D eigenvalue weighted by molar-refractivity contribution is 6.30. The van der Waals surface area contributed by atoms with E-state index in [1.165, 1.54) is 24.7 Å². The van der Waals surface area contributed by atoms with E-state index in [0.717, 1.165) is 4.68 Å². The van der Waals surface area contributed by atoms with Gasteiger partial charge in [0.2, 0.25) is 0 Å². The molecule has 2 aromatic heterocycles. The van der Waals surface area contributed by atoms with Crippen molar-refractivity contribution in [3.8, 4) is 5.69 Å². The molecule has 10 heteroatoms. The van der Waals surface area contributed by atoms with Gasteiger partial charge >= 0.3 is 0 Å². The largest absolute Gasteiger partial charge is 0.343 e. The second-order valence-corrected chi connectivity index (χ2v) is 5.01. The molecule has 8 nitrogen and oxygen atoms in total. The molecule has 1 N–H and O–H groups in total. The lowest BCUT2D eigenvalue weighted by Gasteiger charge is -2.03. The number of halogens is 2. The zero-order valence-corrected chi connectivity index (χ0v) is 12.7. The summed E-state index contributed by atoms with van der Waals surface area (Å²) in [6.07, 6.45) is 2.71. The summed E-state index contributed by atoms with van der Waals surface area (Å²) in [7, 11) is 1.71. The van der Waals surface area contributed by atoms with Gasteiger partial charge in [0.25, 0.3) is 5.91 Å². The SMILES string of the molecule is Cn1ncnc1CNC(=O)c1cn(-c2cccc(Cl)c2F)nn1. The number of benzene rings is 1. The Labute approximate surface area is 134 Å². The van der Waals surface area contributed by atoms with Crippen LogP contribution in [0.25, 0.3) is 5.69 Å². The second-order valence-electron chi connectivity index (χ2n) is 4.60. The normalized spacial score (nSPS) is 10.7. The van der Waals surface area contributed by atoms with Crippen LogP contribution in [0.15, 0.2) is 30.7 Å². The molecule has 1 amide bonds. The van der Waals surface area contributed by atoms with Gasteiger partial charge in [-0.3, -0.25) is 9.48 Å². The number of nitrogens with zero attached hydrogens (tertiary/aromatic N) is 6. The summed E-state index contributed by atoms with van der Waals surface area (Å²) in [6, 6.07) is 4.49. The van der Waals surface area contributed by atoms with Crippen molar-refractivity contribution in [2.45, 2.75) is 6.54 Å². The van der Waals surface area contributed by atoms with E-state index >= 15 is 0 Å². The van der Waals surface area contributed by atoms with E-state index in [-0.39, 0.29) is 22.9 Å². The second kappa shape index (κ2) is 6.13. The standard InChI is InChI=1S/C13H11ClFN7O/c1-21-11(17-7-18-21)5-16-13(23)9-6-22(20-19-9)10-4-2-3-8(14)12(10)15/h2-4,6-7H,5H2,1H3,(H,16,23). The molecule has 0 spiro atoms. The first kappa shape index (κ1) is 15.1. The topological polar surface area (TPSA) is 90.5 Å². The van der Waals surface area contributed by atoms with E-state index in [1.54, 1.807) is 17.8 Å². The molecule has 3 aromatic rings. The summed E-state index contributed by atoms with van der Waals surface area (Å²) in [5, 5.41) is 14.0. The smallest absolute Gasteiger partial charge is 0.273 e. The fourth-order valence-electron chi connectivity index (χ4n) is 1.89. The molecule has 0 saturated carbocycles. The molecule has 0 aliphatic heterocycles. The van der Waals surface area contributed by atoms with E-state index in [9.17, 15) is 9.18 Å². The number of carbonyl (C=O) groups excluding carboxylic acids is 1. The van der Waals surface area contributed by atoms with Gasteiger partial charge < -0.3 is 5.32 Å². The number of rotatable bonds is 4. The average molecular weight is 336 g/mol. The lowest BCUT2D eigenvalue weighted by Crippen LogP contribution is -2.24. The fraction of sp³-hybridized carbons (Fsp3) is 0.154. The quantitative estimate of drug-likeness (QED) is 0.771. The number of nitrogens with one attached hydrogen (secondary N) is 1. The predicted molar refractivity (Wildman–Crippen MR) is 78.5 cm³/mol. The van der Waals surface area contributed by atoms with E-state index in [2.05, 4.69) is 25.7 Å². The number of amides is 1. The molecular formula is C13H11ClFN7O. The third kappa shape index (κ3) is 3.04. The number of hydrogen-bond donors (Lipinski definition) is 1. The number of hydrogen-bond acceptors (Lipinski definition) is 5. The molecular weight excluding hydrogens is 325 g/mol. The van der Waals surface area contributed by atoms with E-state index in [4.69, 9.17) is 11.6 Å². The highest BCUT2D eigenvalue weighted by Crippen LogP contribution is 2.20. The first-order valence-electron chi connectivity index (χ1n) is 6.54. The summed E-state index contributed by atoms with van der Waals surface area (Å²) in [5.74, 6) is -0.501. The third-order valence-electron chi connectivity index (χ3n) is 3.12. The Balaban J connectivity index is 1.75. The van der Waals surface area contributed by atoms with Gasteiger partial charge in [-0.25, -0.2) is 14.1 Å². The molecule has 3 rings (SSSR count). The summed E-state index contributed by atoms with van der Waals surface area (Å²) < 4.78 is 16.6. The van der Waals surface area contributed by atoms with Crippen LogP contribution in [0, 0.1) is 5.82 Å². The van der Waals surface area contributed by atoms with E-state index in [0.29, 0.717) is 5.82 Å². The molecule has 0 aliphatic carbocycles. The zero-order chi connectivity index (χ0) is 16.4. The van der Waals surface area contributed by atoms with Crippen LogP contribution in [0.3, 0.4) is 0 Å². The minimum atomic E-state index is -0.634. The van der Waals surface area contributed by atoms with Crippen molar-refractivity contribution in [3.05, 3.63) is 53.1 Å². The highest BCUT2D eigenvalue weighted by Gasteiger charge is 2.15. The van der Waals surface area contributed by atoms with Crippen molar-refractivity contribution in [2.75, 3.05) is 0 Å². The molecule has 0 radical (unpaired) electrons. The maximum Gasteiger partial charge on any atom is 0.273 e. The Morgan fingerprint density at radius 1 is 1.43 bits per heavy atom. The van der Waals surface area contributed by atoms with Crippen molar-refractivity contribution < 1.29 is 9.18 Å². The monoisotopic (exact) mass is 335 g/mol. The Kier molecular flexibility index (Phi) is 4.02. The molecule has 0 bridgehead atoms. The van der Waals surface area contributed by atoms with Gasteiger partial charge in [-0.2, -0.15) is 5.10 Å². The lowest BCUT2D eigenvalue weighted by atomic mass is 10.3. The fourth-order valence-corrected chi connectivity index (χ4v) is 2.05. The summed E-state index contributed by atoms with van der Waals surface area (Å²) in [5.41, 5.74) is 0.156. The lowest BCUT2D eigenvalue weighted by molar-refractivity contribution is 0.0944. The molecule has 0 aliphatic rings. The number of aryl methyl sites for hydroxylation is 1. The van der Waals surface area contributed by atoms with Crippen LogP contribution in [0.1, 0.15) is 16.3 Å². The molecule has 0 fully saturated rings. The minimum absolute atomic E-state index is 0.0358. The van der Waals surface area contributed by atoms with Gasteiger partial charge in [-0.15, -0.1) is 5.10 Å². The Morgan fingerprint density at radius 2 is 2.26 bits per heavy atom. The van der Waals surface area contributed by atoms with Gasteiger partial charge in [0, 0.05) is 7.05 Å². The summed E-state index contributed by atoms with van der Waals surface area (Å²) in [4.78, 5) is 16.0. The van der Waals surface area contributed by atoms with Gasteiger partial charge in [0.1, 0.15) is 17.8 Å². The maximum atomic E-state index is 13.9. The van der Waals surface area contributed by atoms with Gasteiger partial charge in [0.05, 0.1) is 17.8 Å². The summed E-state index contributed by atoms with van der Waals surface area (Å²) in [6.45, 7) is 0.188. The van der Waals surface area contributed by atoms with E-state index in [1.807, 2.05) is 0 Å². The van der Waals surface area contributed by atoms with Crippen LogP contribution in [0.2, 0.25) is 5.02 Å². The third-order valence-corrected chi connectivity index (χ3v) is 3.41. The first-order chi connectivity index (χ1) is 11.1. The average Bonchev–Trinajstić information content (AvgIpc) is 3.17. The Hall–Kier alpha value is -2.81. The van der Waals surface area contributed by atoms with Crippen LogP contribution >= 0.6 is 11.6 Å². The first-order valence-corrected chi connectivity index (χ1v) is 6.92. The molecule has 0 atom stereocenters. The number of aromatic nitrogens is 6. The van der Waals surface area contributed by atoms with Gasteiger partial charge in [0.15, 0.2) is 11.5 Å². The van der Waals surface area contributed by atoms with Crippen LogP contribution < -0.4 is 5.32 Å². The molecule has 23 heavy (non-hydrogen) atoms. The molecule has 2 heterocycles. The minimum Gasteiger partial charge on any atom is -0.343 e. The van der Waals surface area contributed by atoms with Crippen molar-refractivity contribution in [1.82, 2.24) is 35.1 Å². The Morgan fingerprint density at radius 3 is 3.00 bits per heavy atom. The van der Waals surface area contributed by atoms with Crippen molar-refractivity contribution >= 4 is 17.5 Å². The van der Waals surface area contributed by atoms with Gasteiger partial charge in [-0.1, -0.05) is 22.9 Å². The summed E-state index contributed by atoms with van der Waals surface area (Å²) >= 11 is 5.72. The van der Waals surface area contributed by atoms with Crippen LogP contribution in [0.4, 0.5) is 4.39 Å². The predicted octanol–water partition coefficient (Wildman–Crippen LogP) is 1.12. The molecule has 118 valence electrons. The molecule has 1 aromatic carbocycles. The van der Waals surface area contributed by atoms with Crippen molar-refractivity contribution in [2.24, 2.45) is 7.05 Å². The van der Waals surface area contributed by atoms with Crippen LogP contribution in [0.5, 0.6) is 0 Å². The van der Waals surface area contributed by atoms with Crippen molar-refractivity contribution in [3.63, 3.8) is 0 Å². The number of carbonyl (C=O) groups is 1.